The molecule has 3 fully saturated rings. The van der Waals surface area contributed by atoms with E-state index in [1.807, 2.05) is 48.5 Å². The smallest absolute Gasteiger partial charge is 0.410 e. The summed E-state index contributed by atoms with van der Waals surface area (Å²) in [6.07, 6.45) is 1.58. The molecule has 3 aliphatic rings. The molecular weight excluding hydrogens is 314 g/mol. The normalized spacial score (nSPS) is 27.5. The fourth-order valence-corrected chi connectivity index (χ4v) is 4.62. The lowest BCUT2D eigenvalue weighted by Crippen LogP contribution is -2.67. The minimum atomic E-state index is -0.290. The Labute approximate surface area is 148 Å². The van der Waals surface area contributed by atoms with Crippen LogP contribution in [0, 0.1) is 5.41 Å². The monoisotopic (exact) mass is 337 g/mol. The van der Waals surface area contributed by atoms with Gasteiger partial charge in [-0.1, -0.05) is 60.7 Å². The van der Waals surface area contributed by atoms with Crippen LogP contribution >= 0.6 is 0 Å². The largest absolute Gasteiger partial charge is 0.445 e. The molecule has 4 nitrogen and oxygen atoms in total. The first-order valence-corrected chi connectivity index (χ1v) is 8.77. The fourth-order valence-electron chi connectivity index (χ4n) is 4.62. The van der Waals surface area contributed by atoms with Gasteiger partial charge in [-0.15, -0.1) is 0 Å². The number of carbonyl (C=O) groups excluding carboxylic acids is 1. The maximum atomic E-state index is 12.6. The summed E-state index contributed by atoms with van der Waals surface area (Å²) in [6.45, 7) is 1.63. The van der Waals surface area contributed by atoms with E-state index in [1.54, 1.807) is 4.90 Å². The second-order valence-electron chi connectivity index (χ2n) is 7.55. The molecule has 0 unspecified atom stereocenters. The van der Waals surface area contributed by atoms with Crippen LogP contribution in [0.1, 0.15) is 24.0 Å². The first kappa shape index (κ1) is 16.2. The molecule has 1 amide bonds. The Bertz CT molecular complexity index is 738. The van der Waals surface area contributed by atoms with Gasteiger partial charge in [-0.25, -0.2) is 4.79 Å². The summed E-state index contributed by atoms with van der Waals surface area (Å²) in [6, 6.07) is 20.0. The van der Waals surface area contributed by atoms with Crippen molar-refractivity contribution in [1.29, 1.82) is 0 Å². The molecule has 5 rings (SSSR count). The molecule has 1 saturated carbocycles. The topological polar surface area (TPSA) is 49.8 Å². The number of carbonyl (C=O) groups is 1. The number of amides is 1. The number of benzene rings is 2. The standard InChI is InChI=1S/C21H23NO3/c23-16-20-12-21(13-20,18-9-5-2-6-10-18)15-22(14-20)19(24)25-11-17-7-3-1-4-8-17/h1-10,23H,11-16H2. The van der Waals surface area contributed by atoms with Crippen LogP contribution in [0.3, 0.4) is 0 Å². The Hall–Kier alpha value is -2.33. The summed E-state index contributed by atoms with van der Waals surface area (Å²) < 4.78 is 5.51. The van der Waals surface area contributed by atoms with Gasteiger partial charge in [0.05, 0.1) is 6.61 Å². The molecule has 25 heavy (non-hydrogen) atoms. The number of aliphatic hydroxyl groups excluding tert-OH is 1. The van der Waals surface area contributed by atoms with Crippen molar-refractivity contribution in [3.05, 3.63) is 71.8 Å². The zero-order valence-electron chi connectivity index (χ0n) is 14.2. The summed E-state index contributed by atoms with van der Waals surface area (Å²) >= 11 is 0. The van der Waals surface area contributed by atoms with E-state index in [0.29, 0.717) is 13.1 Å². The predicted octanol–water partition coefficient (Wildman–Crippen LogP) is 3.35. The lowest BCUT2D eigenvalue weighted by Gasteiger charge is -2.63. The molecule has 2 bridgehead atoms. The van der Waals surface area contributed by atoms with E-state index in [-0.39, 0.29) is 30.1 Å². The number of ether oxygens (including phenoxy) is 1. The molecule has 0 radical (unpaired) electrons. The van der Waals surface area contributed by atoms with Crippen molar-refractivity contribution < 1.29 is 14.6 Å². The van der Waals surface area contributed by atoms with E-state index < -0.39 is 0 Å². The van der Waals surface area contributed by atoms with Crippen molar-refractivity contribution in [1.82, 2.24) is 4.90 Å². The molecule has 2 aromatic carbocycles. The Kier molecular flexibility index (Phi) is 4.00. The van der Waals surface area contributed by atoms with E-state index >= 15 is 0 Å². The highest BCUT2D eigenvalue weighted by Crippen LogP contribution is 2.59. The van der Waals surface area contributed by atoms with Crippen molar-refractivity contribution in [2.75, 3.05) is 19.7 Å². The van der Waals surface area contributed by atoms with E-state index in [1.165, 1.54) is 5.56 Å². The Morgan fingerprint density at radius 1 is 1.00 bits per heavy atom. The van der Waals surface area contributed by atoms with E-state index in [0.717, 1.165) is 18.4 Å². The minimum absolute atomic E-state index is 0.0476. The highest BCUT2D eigenvalue weighted by atomic mass is 16.6. The minimum Gasteiger partial charge on any atom is -0.445 e. The van der Waals surface area contributed by atoms with Crippen molar-refractivity contribution in [3.63, 3.8) is 0 Å². The molecule has 0 aromatic heterocycles. The summed E-state index contributed by atoms with van der Waals surface area (Å²) in [7, 11) is 0. The van der Waals surface area contributed by atoms with Crippen molar-refractivity contribution in [2.24, 2.45) is 5.41 Å². The van der Waals surface area contributed by atoms with Crippen LogP contribution in [0.2, 0.25) is 0 Å². The summed E-state index contributed by atoms with van der Waals surface area (Å²) in [5.74, 6) is 0. The van der Waals surface area contributed by atoms with Crippen LogP contribution in [0.4, 0.5) is 4.79 Å². The SMILES string of the molecule is O=C(OCc1ccccc1)N1CC2(CO)CC(c3ccccc3)(C1)C2. The predicted molar refractivity (Wildman–Crippen MR) is 95.1 cm³/mol. The van der Waals surface area contributed by atoms with Gasteiger partial charge in [0, 0.05) is 23.9 Å². The van der Waals surface area contributed by atoms with Crippen LogP contribution in [0.25, 0.3) is 0 Å². The Balaban J connectivity index is 1.48. The van der Waals surface area contributed by atoms with Gasteiger partial charge in [-0.2, -0.15) is 0 Å². The first-order valence-electron chi connectivity index (χ1n) is 8.77. The fraction of sp³-hybridized carbons (Fsp3) is 0.381. The van der Waals surface area contributed by atoms with Gasteiger partial charge in [-0.3, -0.25) is 0 Å². The van der Waals surface area contributed by atoms with Crippen molar-refractivity contribution in [2.45, 2.75) is 24.9 Å². The summed E-state index contributed by atoms with van der Waals surface area (Å²) in [5.41, 5.74) is 2.00. The lowest BCUT2D eigenvalue weighted by atomic mass is 9.48. The molecule has 2 aliphatic heterocycles. The number of aliphatic hydroxyl groups is 1. The Morgan fingerprint density at radius 2 is 1.64 bits per heavy atom. The van der Waals surface area contributed by atoms with Gasteiger partial charge in [0.25, 0.3) is 0 Å². The number of nitrogens with zero attached hydrogens (tertiary/aromatic N) is 1. The quantitative estimate of drug-likeness (QED) is 0.931. The number of hydrogen-bond donors (Lipinski definition) is 1. The van der Waals surface area contributed by atoms with Crippen molar-refractivity contribution >= 4 is 6.09 Å². The van der Waals surface area contributed by atoms with Crippen LogP contribution in [-0.4, -0.2) is 35.8 Å². The van der Waals surface area contributed by atoms with Gasteiger partial charge in [0.15, 0.2) is 0 Å². The van der Waals surface area contributed by atoms with Crippen LogP contribution in [0.15, 0.2) is 60.7 Å². The zero-order valence-corrected chi connectivity index (χ0v) is 14.2. The molecule has 2 saturated heterocycles. The summed E-state index contributed by atoms with van der Waals surface area (Å²) in [5, 5.41) is 9.88. The molecule has 2 aromatic rings. The highest BCUT2D eigenvalue weighted by Gasteiger charge is 2.60. The molecule has 0 atom stereocenters. The number of fused-ring (bicyclic) bond motifs is 2. The van der Waals surface area contributed by atoms with E-state index in [2.05, 4.69) is 12.1 Å². The van der Waals surface area contributed by atoms with Crippen molar-refractivity contribution in [3.8, 4) is 0 Å². The molecule has 0 spiro atoms. The molecule has 1 N–H and O–H groups in total. The first-order chi connectivity index (χ1) is 12.1. The third kappa shape index (κ3) is 2.91. The summed E-state index contributed by atoms with van der Waals surface area (Å²) in [4.78, 5) is 14.4. The average Bonchev–Trinajstić information content (AvgIpc) is 2.66. The zero-order chi connectivity index (χ0) is 17.3. The number of rotatable bonds is 4. The third-order valence-corrected chi connectivity index (χ3v) is 5.63. The van der Waals surface area contributed by atoms with Crippen LogP contribution in [0.5, 0.6) is 0 Å². The maximum Gasteiger partial charge on any atom is 0.410 e. The highest BCUT2D eigenvalue weighted by molar-refractivity contribution is 5.68. The molecule has 4 heteroatoms. The van der Waals surface area contributed by atoms with Gasteiger partial charge in [0.1, 0.15) is 6.61 Å². The average molecular weight is 337 g/mol. The second kappa shape index (κ2) is 6.19. The van der Waals surface area contributed by atoms with Crippen LogP contribution < -0.4 is 0 Å². The maximum absolute atomic E-state index is 12.6. The van der Waals surface area contributed by atoms with Gasteiger partial charge in [0.2, 0.25) is 0 Å². The van der Waals surface area contributed by atoms with E-state index in [9.17, 15) is 9.90 Å². The third-order valence-electron chi connectivity index (χ3n) is 5.63. The molecular formula is C21H23NO3. The molecule has 130 valence electrons. The van der Waals surface area contributed by atoms with Gasteiger partial charge in [-0.05, 0) is 24.0 Å². The number of piperidine rings is 2. The molecule has 2 heterocycles. The second-order valence-corrected chi connectivity index (χ2v) is 7.55. The molecule has 1 aliphatic carbocycles. The van der Waals surface area contributed by atoms with Gasteiger partial charge < -0.3 is 14.7 Å². The number of hydrogen-bond acceptors (Lipinski definition) is 3. The van der Waals surface area contributed by atoms with Crippen LogP contribution in [-0.2, 0) is 16.8 Å². The van der Waals surface area contributed by atoms with E-state index in [4.69, 9.17) is 4.74 Å². The van der Waals surface area contributed by atoms with Gasteiger partial charge >= 0.3 is 6.09 Å². The lowest BCUT2D eigenvalue weighted by molar-refractivity contribution is -0.107. The Morgan fingerprint density at radius 3 is 2.28 bits per heavy atom.